The van der Waals surface area contributed by atoms with Crippen molar-refractivity contribution in [2.45, 2.75) is 12.5 Å². The Morgan fingerprint density at radius 1 is 1.45 bits per heavy atom. The van der Waals surface area contributed by atoms with Crippen LogP contribution in [0.3, 0.4) is 0 Å². The van der Waals surface area contributed by atoms with E-state index in [-0.39, 0.29) is 11.9 Å². The van der Waals surface area contributed by atoms with Gasteiger partial charge in [-0.2, -0.15) is 0 Å². The van der Waals surface area contributed by atoms with E-state index >= 15 is 0 Å². The van der Waals surface area contributed by atoms with Gasteiger partial charge >= 0.3 is 0 Å². The highest BCUT2D eigenvalue weighted by atomic mass is 16.5. The van der Waals surface area contributed by atoms with Gasteiger partial charge in [0.05, 0.1) is 7.11 Å². The summed E-state index contributed by atoms with van der Waals surface area (Å²) in [6.07, 6.45) is 0.342. The van der Waals surface area contributed by atoms with Gasteiger partial charge in [-0.15, -0.1) is 0 Å². The normalized spacial score (nSPS) is 18.6. The van der Waals surface area contributed by atoms with Crippen LogP contribution >= 0.6 is 0 Å². The zero-order valence-corrected chi connectivity index (χ0v) is 11.1. The summed E-state index contributed by atoms with van der Waals surface area (Å²) in [6.45, 7) is 0.464. The van der Waals surface area contributed by atoms with Crippen molar-refractivity contribution >= 4 is 11.8 Å². The van der Waals surface area contributed by atoms with Crippen LogP contribution in [0.25, 0.3) is 11.3 Å². The zero-order chi connectivity index (χ0) is 14.1. The lowest BCUT2D eigenvalue weighted by molar-refractivity contribution is -0.117. The zero-order valence-electron chi connectivity index (χ0n) is 11.1. The van der Waals surface area contributed by atoms with Crippen LogP contribution in [0.4, 0.5) is 5.88 Å². The van der Waals surface area contributed by atoms with Gasteiger partial charge in [-0.05, 0) is 12.1 Å². The number of carbonyl (C=O) groups is 1. The van der Waals surface area contributed by atoms with Crippen molar-refractivity contribution in [1.82, 2.24) is 5.16 Å². The minimum Gasteiger partial charge on any atom is -0.497 e. The Labute approximate surface area is 116 Å². The van der Waals surface area contributed by atoms with E-state index in [1.165, 1.54) is 4.90 Å². The fourth-order valence-corrected chi connectivity index (χ4v) is 2.26. The smallest absolute Gasteiger partial charge is 0.234 e. The predicted molar refractivity (Wildman–Crippen MR) is 73.4 cm³/mol. The first kappa shape index (κ1) is 12.7. The molecule has 1 unspecified atom stereocenters. The number of carbonyl (C=O) groups excluding carboxylic acids is 1. The van der Waals surface area contributed by atoms with Gasteiger partial charge in [0, 0.05) is 30.6 Å². The summed E-state index contributed by atoms with van der Waals surface area (Å²) < 4.78 is 10.4. The van der Waals surface area contributed by atoms with E-state index < -0.39 is 0 Å². The Morgan fingerprint density at radius 3 is 3.00 bits per heavy atom. The number of ether oxygens (including phenoxy) is 1. The average molecular weight is 273 g/mol. The topological polar surface area (TPSA) is 81.6 Å². The van der Waals surface area contributed by atoms with Crippen molar-refractivity contribution in [3.8, 4) is 17.0 Å². The summed E-state index contributed by atoms with van der Waals surface area (Å²) in [6, 6.07) is 9.09. The van der Waals surface area contributed by atoms with Gasteiger partial charge in [0.25, 0.3) is 0 Å². The van der Waals surface area contributed by atoms with Crippen LogP contribution in [0.5, 0.6) is 5.75 Å². The Balaban J connectivity index is 1.88. The molecule has 6 nitrogen and oxygen atoms in total. The first-order chi connectivity index (χ1) is 9.67. The second-order valence-electron chi connectivity index (χ2n) is 4.75. The number of anilines is 1. The average Bonchev–Trinajstić information content (AvgIpc) is 3.05. The number of amides is 1. The first-order valence-corrected chi connectivity index (χ1v) is 6.34. The van der Waals surface area contributed by atoms with E-state index in [1.807, 2.05) is 24.3 Å². The number of hydrogen-bond acceptors (Lipinski definition) is 5. The van der Waals surface area contributed by atoms with Crippen molar-refractivity contribution < 1.29 is 14.1 Å². The van der Waals surface area contributed by atoms with Gasteiger partial charge in [0.15, 0.2) is 0 Å². The van der Waals surface area contributed by atoms with Crippen molar-refractivity contribution in [2.75, 3.05) is 18.6 Å². The number of nitrogens with zero attached hydrogens (tertiary/aromatic N) is 2. The minimum absolute atomic E-state index is 0.0363. The third-order valence-corrected chi connectivity index (χ3v) is 3.28. The van der Waals surface area contributed by atoms with E-state index in [0.717, 1.165) is 11.3 Å². The number of hydrogen-bond donors (Lipinski definition) is 1. The minimum atomic E-state index is -0.145. The molecule has 0 aliphatic carbocycles. The number of methoxy groups -OCH3 is 1. The Morgan fingerprint density at radius 2 is 2.30 bits per heavy atom. The van der Waals surface area contributed by atoms with Gasteiger partial charge in [0.1, 0.15) is 11.4 Å². The fourth-order valence-electron chi connectivity index (χ4n) is 2.26. The molecular weight excluding hydrogens is 258 g/mol. The van der Waals surface area contributed by atoms with Crippen LogP contribution in [-0.4, -0.2) is 30.8 Å². The largest absolute Gasteiger partial charge is 0.497 e. The molecule has 1 atom stereocenters. The number of nitrogens with two attached hydrogens (primary N) is 1. The van der Waals surface area contributed by atoms with Crippen LogP contribution in [0.15, 0.2) is 34.9 Å². The summed E-state index contributed by atoms with van der Waals surface area (Å²) in [5.74, 6) is 1.14. The quantitative estimate of drug-likeness (QED) is 0.914. The highest BCUT2D eigenvalue weighted by Crippen LogP contribution is 2.28. The molecule has 1 saturated heterocycles. The number of benzene rings is 1. The van der Waals surface area contributed by atoms with Crippen LogP contribution < -0.4 is 15.4 Å². The summed E-state index contributed by atoms with van der Waals surface area (Å²) in [5, 5.41) is 4.00. The number of rotatable bonds is 3. The lowest BCUT2D eigenvalue weighted by Crippen LogP contribution is -2.27. The van der Waals surface area contributed by atoms with Gasteiger partial charge < -0.3 is 15.0 Å². The van der Waals surface area contributed by atoms with Gasteiger partial charge in [-0.3, -0.25) is 9.69 Å². The summed E-state index contributed by atoms with van der Waals surface area (Å²) >= 11 is 0. The van der Waals surface area contributed by atoms with Crippen molar-refractivity contribution in [3.05, 3.63) is 30.3 Å². The molecule has 6 heteroatoms. The molecule has 1 aliphatic rings. The lowest BCUT2D eigenvalue weighted by atomic mass is 10.1. The third kappa shape index (κ3) is 2.25. The predicted octanol–water partition coefficient (Wildman–Crippen LogP) is 1.41. The molecule has 1 aromatic carbocycles. The van der Waals surface area contributed by atoms with Crippen LogP contribution in [0.1, 0.15) is 6.42 Å². The second kappa shape index (κ2) is 4.97. The molecule has 2 heterocycles. The monoisotopic (exact) mass is 273 g/mol. The first-order valence-electron chi connectivity index (χ1n) is 6.34. The van der Waals surface area contributed by atoms with Gasteiger partial charge in [0.2, 0.25) is 11.8 Å². The molecule has 20 heavy (non-hydrogen) atoms. The number of aromatic nitrogens is 1. The Kier molecular flexibility index (Phi) is 3.15. The summed E-state index contributed by atoms with van der Waals surface area (Å²) in [4.78, 5) is 13.3. The Bertz CT molecular complexity index is 638. The molecule has 0 bridgehead atoms. The SMILES string of the molecule is COc1cccc(-c2cc(N3CC(N)CC3=O)on2)c1. The maximum Gasteiger partial charge on any atom is 0.234 e. The molecular formula is C14H15N3O3. The second-order valence-corrected chi connectivity index (χ2v) is 4.75. The van der Waals surface area contributed by atoms with Crippen molar-refractivity contribution in [3.63, 3.8) is 0 Å². The van der Waals surface area contributed by atoms with Crippen molar-refractivity contribution in [1.29, 1.82) is 0 Å². The third-order valence-electron chi connectivity index (χ3n) is 3.28. The molecule has 1 fully saturated rings. The van der Waals surface area contributed by atoms with Crippen LogP contribution in [0.2, 0.25) is 0 Å². The molecule has 1 aliphatic heterocycles. The lowest BCUT2D eigenvalue weighted by Gasteiger charge is -2.09. The molecule has 0 radical (unpaired) electrons. The molecule has 1 aromatic heterocycles. The fraction of sp³-hybridized carbons (Fsp3) is 0.286. The molecule has 2 aromatic rings. The van der Waals surface area contributed by atoms with Crippen LogP contribution in [0, 0.1) is 0 Å². The van der Waals surface area contributed by atoms with E-state index in [0.29, 0.717) is 24.5 Å². The molecule has 3 rings (SSSR count). The highest BCUT2D eigenvalue weighted by molar-refractivity contribution is 5.95. The summed E-state index contributed by atoms with van der Waals surface area (Å²) in [5.41, 5.74) is 7.30. The van der Waals surface area contributed by atoms with Crippen molar-refractivity contribution in [2.24, 2.45) is 5.73 Å². The van der Waals surface area contributed by atoms with E-state index in [9.17, 15) is 4.79 Å². The van der Waals surface area contributed by atoms with E-state index in [1.54, 1.807) is 13.2 Å². The standard InChI is InChI=1S/C14H15N3O3/c1-19-11-4-2-3-9(5-11)12-7-14(20-16-12)17-8-10(15)6-13(17)18/h2-5,7,10H,6,8,15H2,1H3. The molecule has 0 spiro atoms. The molecule has 1 amide bonds. The molecule has 2 N–H and O–H groups in total. The summed E-state index contributed by atoms with van der Waals surface area (Å²) in [7, 11) is 1.61. The maximum absolute atomic E-state index is 11.8. The van der Waals surface area contributed by atoms with Gasteiger partial charge in [-0.1, -0.05) is 17.3 Å². The van der Waals surface area contributed by atoms with Gasteiger partial charge in [-0.25, -0.2) is 0 Å². The van der Waals surface area contributed by atoms with Crippen LogP contribution in [-0.2, 0) is 4.79 Å². The van der Waals surface area contributed by atoms with E-state index in [4.69, 9.17) is 15.0 Å². The van der Waals surface area contributed by atoms with E-state index in [2.05, 4.69) is 5.16 Å². The maximum atomic E-state index is 11.8. The Hall–Kier alpha value is -2.34. The molecule has 104 valence electrons. The molecule has 0 saturated carbocycles. The highest BCUT2D eigenvalue weighted by Gasteiger charge is 2.30.